The number of carbonyl (C=O) groups is 1. The van der Waals surface area contributed by atoms with Crippen molar-refractivity contribution in [3.8, 4) is 5.75 Å². The van der Waals surface area contributed by atoms with Crippen LogP contribution in [0.2, 0.25) is 0 Å². The maximum Gasteiger partial charge on any atom is 0.224 e. The van der Waals surface area contributed by atoms with Crippen molar-refractivity contribution in [3.05, 3.63) is 53.6 Å². The third-order valence-corrected chi connectivity index (χ3v) is 6.38. The Hall–Kier alpha value is -2.57. The molecule has 2 aromatic rings. The van der Waals surface area contributed by atoms with Gasteiger partial charge < -0.3 is 20.1 Å². The molecule has 32 heavy (non-hydrogen) atoms. The molecule has 2 aliphatic rings. The minimum Gasteiger partial charge on any atom is -0.491 e. The second-order valence-electron chi connectivity index (χ2n) is 8.89. The molecule has 6 nitrogen and oxygen atoms in total. The van der Waals surface area contributed by atoms with Gasteiger partial charge in [0.15, 0.2) is 0 Å². The van der Waals surface area contributed by atoms with Crippen LogP contribution in [-0.4, -0.2) is 61.3 Å². The Bertz CT molecular complexity index is 892. The lowest BCUT2D eigenvalue weighted by atomic mass is 10.0. The van der Waals surface area contributed by atoms with Crippen molar-refractivity contribution in [2.75, 3.05) is 49.5 Å². The lowest BCUT2D eigenvalue weighted by Crippen LogP contribution is -2.49. The number of anilines is 2. The van der Waals surface area contributed by atoms with Crippen molar-refractivity contribution in [2.45, 2.75) is 45.1 Å². The van der Waals surface area contributed by atoms with Crippen LogP contribution in [0.3, 0.4) is 0 Å². The lowest BCUT2D eigenvalue weighted by Gasteiger charge is -2.37. The number of unbranched alkanes of at least 4 members (excludes halogenated alkanes) is 1. The fourth-order valence-corrected chi connectivity index (χ4v) is 4.44. The number of β-amino-alcohol motifs (C(OH)–C–C–N with tert-alkyl or cyclic N) is 1. The molecule has 0 aromatic heterocycles. The van der Waals surface area contributed by atoms with Gasteiger partial charge in [0.25, 0.3) is 0 Å². The maximum absolute atomic E-state index is 11.5. The van der Waals surface area contributed by atoms with Crippen molar-refractivity contribution >= 4 is 17.3 Å². The molecule has 0 spiro atoms. The molecule has 1 atom stereocenters. The van der Waals surface area contributed by atoms with Crippen LogP contribution in [-0.2, 0) is 17.6 Å². The molecule has 2 aliphatic heterocycles. The smallest absolute Gasteiger partial charge is 0.224 e. The van der Waals surface area contributed by atoms with E-state index in [4.69, 9.17) is 4.74 Å². The number of aryl methyl sites for hydroxylation is 2. The van der Waals surface area contributed by atoms with Gasteiger partial charge in [-0.2, -0.15) is 0 Å². The first-order chi connectivity index (χ1) is 15.6. The summed E-state index contributed by atoms with van der Waals surface area (Å²) in [5.41, 5.74) is 4.66. The second-order valence-corrected chi connectivity index (χ2v) is 8.89. The molecule has 1 amide bonds. The first kappa shape index (κ1) is 22.6. The number of piperazine rings is 1. The van der Waals surface area contributed by atoms with Gasteiger partial charge in [-0.05, 0) is 60.7 Å². The highest BCUT2D eigenvalue weighted by atomic mass is 16.5. The zero-order valence-corrected chi connectivity index (χ0v) is 19.1. The Morgan fingerprint density at radius 3 is 2.59 bits per heavy atom. The lowest BCUT2D eigenvalue weighted by molar-refractivity contribution is -0.116. The number of fused-ring (bicyclic) bond motifs is 1. The minimum absolute atomic E-state index is 0.0608. The van der Waals surface area contributed by atoms with Crippen molar-refractivity contribution < 1.29 is 14.6 Å². The molecular weight excluding hydrogens is 402 g/mol. The maximum atomic E-state index is 11.5. The zero-order chi connectivity index (χ0) is 22.3. The van der Waals surface area contributed by atoms with E-state index in [1.807, 2.05) is 18.2 Å². The predicted molar refractivity (Wildman–Crippen MR) is 129 cm³/mol. The third kappa shape index (κ3) is 6.02. The average Bonchev–Trinajstić information content (AvgIpc) is 2.82. The van der Waals surface area contributed by atoms with Crippen LogP contribution in [0.25, 0.3) is 0 Å². The summed E-state index contributed by atoms with van der Waals surface area (Å²) in [4.78, 5) is 16.2. The predicted octanol–water partition coefficient (Wildman–Crippen LogP) is 3.48. The van der Waals surface area contributed by atoms with Gasteiger partial charge >= 0.3 is 0 Å². The fraction of sp³-hybridized carbons (Fsp3) is 0.500. The monoisotopic (exact) mass is 437 g/mol. The number of nitrogens with one attached hydrogen (secondary N) is 1. The summed E-state index contributed by atoms with van der Waals surface area (Å²) in [5, 5.41) is 13.4. The SMILES string of the molecule is CCCCc1ccc(N2CCN(CC(O)COc3ccc4c(c3)CCC(=O)N4)CC2)cc1. The summed E-state index contributed by atoms with van der Waals surface area (Å²) < 4.78 is 5.83. The molecule has 1 unspecified atom stereocenters. The summed E-state index contributed by atoms with van der Waals surface area (Å²) in [7, 11) is 0. The van der Waals surface area contributed by atoms with Crippen LogP contribution in [0.15, 0.2) is 42.5 Å². The number of ether oxygens (including phenoxy) is 1. The largest absolute Gasteiger partial charge is 0.491 e. The van der Waals surface area contributed by atoms with E-state index in [0.29, 0.717) is 13.0 Å². The summed E-state index contributed by atoms with van der Waals surface area (Å²) in [6, 6.07) is 14.7. The summed E-state index contributed by atoms with van der Waals surface area (Å²) >= 11 is 0. The van der Waals surface area contributed by atoms with Crippen molar-refractivity contribution in [1.29, 1.82) is 0 Å². The number of aliphatic hydroxyl groups excluding tert-OH is 1. The highest BCUT2D eigenvalue weighted by molar-refractivity contribution is 5.94. The Morgan fingerprint density at radius 1 is 1.06 bits per heavy atom. The number of carbonyl (C=O) groups excluding carboxylic acids is 1. The van der Waals surface area contributed by atoms with Gasteiger partial charge in [-0.3, -0.25) is 9.69 Å². The molecular formula is C26H35N3O3. The van der Waals surface area contributed by atoms with Crippen LogP contribution in [0.4, 0.5) is 11.4 Å². The Morgan fingerprint density at radius 2 is 1.84 bits per heavy atom. The molecule has 1 fully saturated rings. The molecule has 6 heteroatoms. The highest BCUT2D eigenvalue weighted by Gasteiger charge is 2.20. The van der Waals surface area contributed by atoms with E-state index in [1.165, 1.54) is 24.1 Å². The number of hydrogen-bond donors (Lipinski definition) is 2. The first-order valence-electron chi connectivity index (χ1n) is 11.9. The van der Waals surface area contributed by atoms with Crippen molar-refractivity contribution in [1.82, 2.24) is 4.90 Å². The zero-order valence-electron chi connectivity index (χ0n) is 19.1. The average molecular weight is 438 g/mol. The molecule has 4 rings (SSSR count). The molecule has 0 radical (unpaired) electrons. The molecule has 2 heterocycles. The Labute approximate surface area is 191 Å². The summed E-state index contributed by atoms with van der Waals surface area (Å²) in [6.45, 7) is 6.93. The molecule has 1 saturated heterocycles. The van der Waals surface area contributed by atoms with E-state index in [1.54, 1.807) is 0 Å². The van der Waals surface area contributed by atoms with Gasteiger partial charge in [0, 0.05) is 50.5 Å². The molecule has 172 valence electrons. The first-order valence-corrected chi connectivity index (χ1v) is 11.9. The topological polar surface area (TPSA) is 65.0 Å². The molecule has 2 aromatic carbocycles. The summed E-state index contributed by atoms with van der Waals surface area (Å²) in [6.07, 6.45) is 4.34. The van der Waals surface area contributed by atoms with Crippen LogP contribution >= 0.6 is 0 Å². The highest BCUT2D eigenvalue weighted by Crippen LogP contribution is 2.27. The van der Waals surface area contributed by atoms with Gasteiger partial charge in [-0.25, -0.2) is 0 Å². The number of aliphatic hydroxyl groups is 1. The number of benzene rings is 2. The van der Waals surface area contributed by atoms with Gasteiger partial charge in [-0.15, -0.1) is 0 Å². The van der Waals surface area contributed by atoms with E-state index in [9.17, 15) is 9.90 Å². The molecule has 0 saturated carbocycles. The molecule has 0 bridgehead atoms. The Balaban J connectivity index is 1.19. The standard InChI is InChI=1S/C26H35N3O3/c1-2-3-4-20-5-8-22(9-6-20)29-15-13-28(14-16-29)18-23(30)19-32-24-10-11-25-21(17-24)7-12-26(31)27-25/h5-6,8-11,17,23,30H,2-4,7,12-16,18-19H2,1H3,(H,27,31). The minimum atomic E-state index is -0.532. The normalized spacial score (nSPS) is 17.6. The van der Waals surface area contributed by atoms with E-state index >= 15 is 0 Å². The fourth-order valence-electron chi connectivity index (χ4n) is 4.44. The van der Waals surface area contributed by atoms with Gasteiger partial charge in [0.05, 0.1) is 0 Å². The number of hydrogen-bond acceptors (Lipinski definition) is 5. The van der Waals surface area contributed by atoms with E-state index < -0.39 is 6.10 Å². The van der Waals surface area contributed by atoms with E-state index in [2.05, 4.69) is 46.3 Å². The number of nitrogens with zero attached hydrogens (tertiary/aromatic N) is 2. The van der Waals surface area contributed by atoms with Gasteiger partial charge in [0.2, 0.25) is 5.91 Å². The van der Waals surface area contributed by atoms with Crippen molar-refractivity contribution in [3.63, 3.8) is 0 Å². The third-order valence-electron chi connectivity index (χ3n) is 6.38. The van der Waals surface area contributed by atoms with E-state index in [-0.39, 0.29) is 12.5 Å². The van der Waals surface area contributed by atoms with Gasteiger partial charge in [-0.1, -0.05) is 25.5 Å². The van der Waals surface area contributed by atoms with Crippen LogP contribution in [0.5, 0.6) is 5.75 Å². The second kappa shape index (κ2) is 10.8. The van der Waals surface area contributed by atoms with Gasteiger partial charge in [0.1, 0.15) is 18.5 Å². The van der Waals surface area contributed by atoms with Crippen LogP contribution in [0, 0.1) is 0 Å². The number of amides is 1. The van der Waals surface area contributed by atoms with Crippen LogP contribution < -0.4 is 15.0 Å². The number of rotatable bonds is 9. The summed E-state index contributed by atoms with van der Waals surface area (Å²) in [5.74, 6) is 0.803. The quantitative estimate of drug-likeness (QED) is 0.629. The Kier molecular flexibility index (Phi) is 7.66. The van der Waals surface area contributed by atoms with E-state index in [0.717, 1.165) is 56.0 Å². The van der Waals surface area contributed by atoms with Crippen LogP contribution in [0.1, 0.15) is 37.3 Å². The molecule has 2 N–H and O–H groups in total. The molecule has 0 aliphatic carbocycles. The van der Waals surface area contributed by atoms with Crippen molar-refractivity contribution in [2.24, 2.45) is 0 Å².